The summed E-state index contributed by atoms with van der Waals surface area (Å²) in [5.41, 5.74) is 5.69. The van der Waals surface area contributed by atoms with Crippen molar-refractivity contribution < 1.29 is 0 Å². The molecule has 4 aromatic rings. The summed E-state index contributed by atoms with van der Waals surface area (Å²) in [4.78, 5) is 17.8. The van der Waals surface area contributed by atoms with E-state index in [1.165, 1.54) is 5.56 Å². The molecule has 1 aliphatic rings. The lowest BCUT2D eigenvalue weighted by Gasteiger charge is -2.25. The van der Waals surface area contributed by atoms with E-state index in [1.807, 2.05) is 54.6 Å². The van der Waals surface area contributed by atoms with Crippen molar-refractivity contribution in [1.82, 2.24) is 9.55 Å². The minimum Gasteiger partial charge on any atom is -0.297 e. The molecule has 0 saturated carbocycles. The van der Waals surface area contributed by atoms with E-state index in [9.17, 15) is 4.79 Å². The van der Waals surface area contributed by atoms with Crippen molar-refractivity contribution in [2.45, 2.75) is 12.8 Å². The van der Waals surface area contributed by atoms with Gasteiger partial charge < -0.3 is 0 Å². The number of aromatic nitrogens is 2. The molecule has 126 valence electrons. The first kappa shape index (κ1) is 15.4. The van der Waals surface area contributed by atoms with Crippen LogP contribution in [0, 0.1) is 0 Å². The molecule has 0 N–H and O–H groups in total. The molecule has 0 fully saturated rings. The zero-order valence-corrected chi connectivity index (χ0v) is 14.7. The van der Waals surface area contributed by atoms with E-state index < -0.39 is 0 Å². The number of rotatable bonds is 1. The molecule has 5 rings (SSSR count). The van der Waals surface area contributed by atoms with E-state index in [1.54, 1.807) is 6.20 Å². The Kier molecular flexibility index (Phi) is 3.44. The maximum absolute atomic E-state index is 13.3. The Labute approximate surface area is 155 Å². The zero-order valence-electron chi connectivity index (χ0n) is 13.9. The maximum Gasteiger partial charge on any atom is 0.199 e. The summed E-state index contributed by atoms with van der Waals surface area (Å²) in [5.74, 6) is 0. The van der Waals surface area contributed by atoms with Crippen LogP contribution in [0.2, 0.25) is 5.02 Å². The summed E-state index contributed by atoms with van der Waals surface area (Å²) in [6, 6.07) is 19.5. The molecule has 2 aromatic carbocycles. The third-order valence-electron chi connectivity index (χ3n) is 5.01. The third-order valence-corrected chi connectivity index (χ3v) is 5.25. The van der Waals surface area contributed by atoms with Gasteiger partial charge in [0.15, 0.2) is 5.43 Å². The Balaban J connectivity index is 1.98. The van der Waals surface area contributed by atoms with E-state index in [2.05, 4.69) is 15.6 Å². The molecule has 0 saturated heterocycles. The van der Waals surface area contributed by atoms with Crippen LogP contribution < -0.4 is 5.43 Å². The number of hydrogen-bond donors (Lipinski definition) is 0. The zero-order chi connectivity index (χ0) is 17.7. The highest BCUT2D eigenvalue weighted by Crippen LogP contribution is 2.34. The lowest BCUT2D eigenvalue weighted by molar-refractivity contribution is 0.844. The van der Waals surface area contributed by atoms with Crippen molar-refractivity contribution in [2.75, 3.05) is 0 Å². The topological polar surface area (TPSA) is 34.9 Å². The minimum absolute atomic E-state index is 0.0496. The fourth-order valence-electron chi connectivity index (χ4n) is 3.90. The predicted octanol–water partition coefficient (Wildman–Crippen LogP) is 4.80. The van der Waals surface area contributed by atoms with Gasteiger partial charge in [-0.1, -0.05) is 41.9 Å². The highest BCUT2D eigenvalue weighted by Gasteiger charge is 2.24. The smallest absolute Gasteiger partial charge is 0.199 e. The highest BCUT2D eigenvalue weighted by atomic mass is 35.5. The lowest BCUT2D eigenvalue weighted by Crippen LogP contribution is -2.22. The van der Waals surface area contributed by atoms with Gasteiger partial charge in [-0.25, -0.2) is 4.98 Å². The third kappa shape index (κ3) is 2.21. The van der Waals surface area contributed by atoms with E-state index in [0.29, 0.717) is 16.1 Å². The Morgan fingerprint density at radius 1 is 0.962 bits per heavy atom. The highest BCUT2D eigenvalue weighted by molar-refractivity contribution is 6.30. The molecule has 3 nitrogen and oxygen atoms in total. The van der Waals surface area contributed by atoms with Crippen LogP contribution in [0.15, 0.2) is 71.7 Å². The standard InChI is InChI=1S/C22H15ClN2O/c23-15-6-3-7-16(13-15)25-19-11-10-14-5-1-2-8-17(14)20(19)21(26)18-9-4-12-24-22(18)25/h1-9,12-13H,10-11H2. The van der Waals surface area contributed by atoms with Crippen LogP contribution in [0.25, 0.3) is 27.8 Å². The maximum atomic E-state index is 13.3. The normalized spacial score (nSPS) is 12.7. The summed E-state index contributed by atoms with van der Waals surface area (Å²) < 4.78 is 2.09. The molecule has 2 aromatic heterocycles. The molecule has 0 unspecified atom stereocenters. The van der Waals surface area contributed by atoms with E-state index >= 15 is 0 Å². The van der Waals surface area contributed by atoms with Crippen molar-refractivity contribution in [3.05, 3.63) is 93.4 Å². The van der Waals surface area contributed by atoms with Gasteiger partial charge >= 0.3 is 0 Å². The Hall–Kier alpha value is -2.91. The molecule has 2 heterocycles. The molecule has 4 heteroatoms. The second kappa shape index (κ2) is 5.82. The monoisotopic (exact) mass is 358 g/mol. The molecule has 0 atom stereocenters. The van der Waals surface area contributed by atoms with Crippen LogP contribution in [0.4, 0.5) is 0 Å². The average molecular weight is 359 g/mol. The van der Waals surface area contributed by atoms with Crippen LogP contribution in [0.1, 0.15) is 11.3 Å². The molecule has 0 amide bonds. The van der Waals surface area contributed by atoms with Gasteiger partial charge in [-0.15, -0.1) is 0 Å². The summed E-state index contributed by atoms with van der Waals surface area (Å²) in [6.45, 7) is 0. The van der Waals surface area contributed by atoms with Crippen molar-refractivity contribution in [3.63, 3.8) is 0 Å². The molecular weight excluding hydrogens is 344 g/mol. The predicted molar refractivity (Wildman–Crippen MR) is 105 cm³/mol. The summed E-state index contributed by atoms with van der Waals surface area (Å²) in [5, 5.41) is 1.29. The first-order chi connectivity index (χ1) is 12.7. The van der Waals surface area contributed by atoms with Gasteiger partial charge in [0.2, 0.25) is 0 Å². The number of benzene rings is 2. The largest absolute Gasteiger partial charge is 0.297 e. The molecule has 26 heavy (non-hydrogen) atoms. The molecule has 0 aliphatic heterocycles. The van der Waals surface area contributed by atoms with Crippen LogP contribution in [0.3, 0.4) is 0 Å². The van der Waals surface area contributed by atoms with Crippen molar-refractivity contribution in [3.8, 4) is 16.8 Å². The Morgan fingerprint density at radius 2 is 1.85 bits per heavy atom. The van der Waals surface area contributed by atoms with Gasteiger partial charge in [-0.3, -0.25) is 9.36 Å². The average Bonchev–Trinajstić information content (AvgIpc) is 2.68. The van der Waals surface area contributed by atoms with E-state index in [4.69, 9.17) is 11.6 Å². The number of aryl methyl sites for hydroxylation is 1. The Bertz CT molecular complexity index is 1230. The fourth-order valence-corrected chi connectivity index (χ4v) is 4.09. The molecule has 1 aliphatic carbocycles. The number of halogens is 1. The number of pyridine rings is 2. The van der Waals surface area contributed by atoms with Crippen LogP contribution in [0.5, 0.6) is 0 Å². The molecular formula is C22H15ClN2O. The van der Waals surface area contributed by atoms with Gasteiger partial charge in [-0.05, 0) is 54.3 Å². The SMILES string of the molecule is O=c1c2c(n(-c3cccc(Cl)c3)c3ncccc13)CCc1ccccc1-2. The minimum atomic E-state index is 0.0496. The Morgan fingerprint density at radius 3 is 2.73 bits per heavy atom. The first-order valence-corrected chi connectivity index (χ1v) is 8.98. The van der Waals surface area contributed by atoms with Gasteiger partial charge in [-0.2, -0.15) is 0 Å². The van der Waals surface area contributed by atoms with Crippen molar-refractivity contribution in [2.24, 2.45) is 0 Å². The van der Waals surface area contributed by atoms with E-state index in [0.717, 1.165) is 35.3 Å². The molecule has 0 spiro atoms. The van der Waals surface area contributed by atoms with Crippen LogP contribution in [-0.4, -0.2) is 9.55 Å². The number of nitrogens with zero attached hydrogens (tertiary/aromatic N) is 2. The van der Waals surface area contributed by atoms with E-state index in [-0.39, 0.29) is 5.43 Å². The summed E-state index contributed by atoms with van der Waals surface area (Å²) in [6.07, 6.45) is 3.42. The summed E-state index contributed by atoms with van der Waals surface area (Å²) in [7, 11) is 0. The summed E-state index contributed by atoms with van der Waals surface area (Å²) >= 11 is 6.25. The fraction of sp³-hybridized carbons (Fsp3) is 0.0909. The second-order valence-corrected chi connectivity index (χ2v) is 6.93. The second-order valence-electron chi connectivity index (χ2n) is 6.50. The van der Waals surface area contributed by atoms with Gasteiger partial charge in [0.1, 0.15) is 5.65 Å². The van der Waals surface area contributed by atoms with Crippen molar-refractivity contribution >= 4 is 22.6 Å². The molecule has 0 bridgehead atoms. The number of fused-ring (bicyclic) bond motifs is 4. The number of hydrogen-bond acceptors (Lipinski definition) is 2. The van der Waals surface area contributed by atoms with Crippen LogP contribution >= 0.6 is 11.6 Å². The first-order valence-electron chi connectivity index (χ1n) is 8.61. The van der Waals surface area contributed by atoms with Crippen LogP contribution in [-0.2, 0) is 12.8 Å². The van der Waals surface area contributed by atoms with Gasteiger partial charge in [0.25, 0.3) is 0 Å². The van der Waals surface area contributed by atoms with Gasteiger partial charge in [0, 0.05) is 22.6 Å². The van der Waals surface area contributed by atoms with Gasteiger partial charge in [0.05, 0.1) is 10.9 Å². The lowest BCUT2D eigenvalue weighted by atomic mass is 9.87. The quantitative estimate of drug-likeness (QED) is 0.489. The van der Waals surface area contributed by atoms with Crippen molar-refractivity contribution in [1.29, 1.82) is 0 Å². The molecule has 0 radical (unpaired) electrons.